The van der Waals surface area contributed by atoms with Crippen LogP contribution in [-0.4, -0.2) is 47.9 Å². The molecule has 1 saturated carbocycles. The van der Waals surface area contributed by atoms with Crippen LogP contribution in [0.2, 0.25) is 0 Å². The van der Waals surface area contributed by atoms with E-state index >= 15 is 0 Å². The molecule has 0 spiro atoms. The van der Waals surface area contributed by atoms with Gasteiger partial charge in [-0.2, -0.15) is 0 Å². The average Bonchev–Trinajstić information content (AvgIpc) is 3.44. The number of hydrogen-bond acceptors (Lipinski definition) is 2. The molecule has 2 heterocycles. The van der Waals surface area contributed by atoms with E-state index in [0.717, 1.165) is 49.5 Å². The number of fused-ring (bicyclic) bond motifs is 1. The second kappa shape index (κ2) is 8.03. The van der Waals surface area contributed by atoms with Crippen molar-refractivity contribution in [2.24, 2.45) is 10.9 Å². The Bertz CT molecular complexity index is 788. The van der Waals surface area contributed by atoms with Crippen molar-refractivity contribution in [1.29, 1.82) is 0 Å². The summed E-state index contributed by atoms with van der Waals surface area (Å²) < 4.78 is 0. The molecule has 4 rings (SSSR count). The number of nitrogens with one attached hydrogen (secondary N) is 3. The maximum atomic E-state index is 12.6. The van der Waals surface area contributed by atoms with Crippen LogP contribution in [-0.2, 0) is 11.3 Å². The van der Waals surface area contributed by atoms with Crippen molar-refractivity contribution in [3.8, 4) is 0 Å². The van der Waals surface area contributed by atoms with E-state index in [1.807, 2.05) is 17.0 Å². The van der Waals surface area contributed by atoms with E-state index in [0.29, 0.717) is 12.5 Å². The summed E-state index contributed by atoms with van der Waals surface area (Å²) in [5, 5.41) is 8.07. The Morgan fingerprint density at radius 3 is 2.85 bits per heavy atom. The fourth-order valence-corrected chi connectivity index (χ4v) is 4.30. The topological polar surface area (TPSA) is 72.5 Å². The lowest BCUT2D eigenvalue weighted by Crippen LogP contribution is -2.45. The third-order valence-corrected chi connectivity index (χ3v) is 5.80. The lowest BCUT2D eigenvalue weighted by Gasteiger charge is -2.21. The maximum absolute atomic E-state index is 12.6. The number of amides is 1. The Labute approximate surface area is 160 Å². The van der Waals surface area contributed by atoms with E-state index < -0.39 is 0 Å². The smallest absolute Gasteiger partial charge is 0.225 e. The van der Waals surface area contributed by atoms with Crippen molar-refractivity contribution in [3.63, 3.8) is 0 Å². The van der Waals surface area contributed by atoms with Gasteiger partial charge in [0.2, 0.25) is 5.91 Å². The van der Waals surface area contributed by atoms with Gasteiger partial charge in [-0.25, -0.2) is 0 Å². The molecular weight excluding hydrogens is 338 g/mol. The molecule has 2 fully saturated rings. The summed E-state index contributed by atoms with van der Waals surface area (Å²) in [7, 11) is 1.79. The lowest BCUT2D eigenvalue weighted by atomic mass is 10.1. The van der Waals surface area contributed by atoms with E-state index in [2.05, 4.69) is 38.8 Å². The number of carbonyl (C=O) groups is 1. The molecule has 1 saturated heterocycles. The zero-order valence-corrected chi connectivity index (χ0v) is 16.0. The third-order valence-electron chi connectivity index (χ3n) is 5.80. The van der Waals surface area contributed by atoms with Crippen LogP contribution in [0.3, 0.4) is 0 Å². The number of guanidine groups is 1. The molecule has 1 atom stereocenters. The predicted molar refractivity (Wildman–Crippen MR) is 109 cm³/mol. The minimum absolute atomic E-state index is 0.267. The number of benzene rings is 1. The van der Waals surface area contributed by atoms with Crippen LogP contribution in [0.1, 0.15) is 37.8 Å². The van der Waals surface area contributed by atoms with Gasteiger partial charge in [-0.15, -0.1) is 0 Å². The molecule has 1 aliphatic carbocycles. The molecule has 0 radical (unpaired) electrons. The number of aromatic amines is 1. The van der Waals surface area contributed by atoms with E-state index in [1.54, 1.807) is 7.05 Å². The van der Waals surface area contributed by atoms with Crippen LogP contribution in [0.4, 0.5) is 0 Å². The van der Waals surface area contributed by atoms with Crippen molar-refractivity contribution >= 4 is 22.8 Å². The number of para-hydroxylation sites is 1. The van der Waals surface area contributed by atoms with Crippen LogP contribution in [0.5, 0.6) is 0 Å². The number of H-pyrrole nitrogens is 1. The Morgan fingerprint density at radius 1 is 1.26 bits per heavy atom. The van der Waals surface area contributed by atoms with Crippen LogP contribution in [0, 0.1) is 5.92 Å². The highest BCUT2D eigenvalue weighted by atomic mass is 16.2. The van der Waals surface area contributed by atoms with Crippen molar-refractivity contribution in [3.05, 3.63) is 36.0 Å². The molecule has 144 valence electrons. The molecule has 3 N–H and O–H groups in total. The molecule has 1 unspecified atom stereocenters. The van der Waals surface area contributed by atoms with Gasteiger partial charge in [0, 0.05) is 43.3 Å². The Balaban J connectivity index is 1.28. The standard InChI is InChI=1S/C21H29N5O/c1-22-21(23-13-18-12-16-8-4-5-9-19(16)24-18)25-17-10-11-26(14-17)20(27)15-6-2-3-7-15/h4-5,8-9,12,15,17,24H,2-3,6-7,10-11,13-14H2,1H3,(H2,22,23,25). The Kier molecular flexibility index (Phi) is 5.32. The van der Waals surface area contributed by atoms with Gasteiger partial charge in [-0.3, -0.25) is 9.79 Å². The Morgan fingerprint density at radius 2 is 2.07 bits per heavy atom. The van der Waals surface area contributed by atoms with Gasteiger partial charge in [-0.1, -0.05) is 31.0 Å². The number of hydrogen-bond donors (Lipinski definition) is 3. The van der Waals surface area contributed by atoms with Crippen molar-refractivity contribution < 1.29 is 4.79 Å². The highest BCUT2D eigenvalue weighted by molar-refractivity contribution is 5.82. The maximum Gasteiger partial charge on any atom is 0.225 e. The van der Waals surface area contributed by atoms with E-state index in [4.69, 9.17) is 0 Å². The summed E-state index contributed by atoms with van der Waals surface area (Å²) in [4.78, 5) is 22.4. The van der Waals surface area contributed by atoms with E-state index in [9.17, 15) is 4.79 Å². The third kappa shape index (κ3) is 4.10. The predicted octanol–water partition coefficient (Wildman–Crippen LogP) is 2.62. The van der Waals surface area contributed by atoms with Gasteiger partial charge in [0.15, 0.2) is 5.96 Å². The first-order valence-corrected chi connectivity index (χ1v) is 10.1. The summed E-state index contributed by atoms with van der Waals surface area (Å²) in [6, 6.07) is 10.7. The quantitative estimate of drug-likeness (QED) is 0.575. The molecule has 2 aromatic rings. The molecule has 6 nitrogen and oxygen atoms in total. The molecule has 1 aliphatic heterocycles. The molecule has 2 aliphatic rings. The Hall–Kier alpha value is -2.50. The van der Waals surface area contributed by atoms with Gasteiger partial charge in [0.1, 0.15) is 0 Å². The largest absolute Gasteiger partial charge is 0.357 e. The number of likely N-dealkylation sites (tertiary alicyclic amines) is 1. The normalized spacial score (nSPS) is 21.1. The van der Waals surface area contributed by atoms with Crippen LogP contribution < -0.4 is 10.6 Å². The van der Waals surface area contributed by atoms with Crippen molar-refractivity contribution in [2.45, 2.75) is 44.7 Å². The second-order valence-corrected chi connectivity index (χ2v) is 7.70. The van der Waals surface area contributed by atoms with Gasteiger partial charge in [-0.05, 0) is 36.8 Å². The highest BCUT2D eigenvalue weighted by Crippen LogP contribution is 2.27. The van der Waals surface area contributed by atoms with Gasteiger partial charge < -0.3 is 20.5 Å². The highest BCUT2D eigenvalue weighted by Gasteiger charge is 2.32. The fourth-order valence-electron chi connectivity index (χ4n) is 4.30. The SMILES string of the molecule is CN=C(NCc1cc2ccccc2[nH]1)NC1CCN(C(=O)C2CCCC2)C1. The summed E-state index contributed by atoms with van der Waals surface area (Å²) in [6.45, 7) is 2.32. The summed E-state index contributed by atoms with van der Waals surface area (Å²) in [5.74, 6) is 1.41. The monoisotopic (exact) mass is 367 g/mol. The van der Waals surface area contributed by atoms with Gasteiger partial charge in [0.25, 0.3) is 0 Å². The minimum atomic E-state index is 0.267. The summed E-state index contributed by atoms with van der Waals surface area (Å²) >= 11 is 0. The number of nitrogens with zero attached hydrogens (tertiary/aromatic N) is 2. The molecule has 1 aromatic carbocycles. The van der Waals surface area contributed by atoms with Crippen LogP contribution >= 0.6 is 0 Å². The first kappa shape index (κ1) is 17.9. The fraction of sp³-hybridized carbons (Fsp3) is 0.524. The molecule has 0 bridgehead atoms. The molecule has 1 amide bonds. The van der Waals surface area contributed by atoms with Gasteiger partial charge in [0.05, 0.1) is 6.54 Å². The van der Waals surface area contributed by atoms with Crippen LogP contribution in [0.25, 0.3) is 10.9 Å². The van der Waals surface area contributed by atoms with E-state index in [1.165, 1.54) is 18.2 Å². The van der Waals surface area contributed by atoms with Gasteiger partial charge >= 0.3 is 0 Å². The zero-order chi connectivity index (χ0) is 18.6. The van der Waals surface area contributed by atoms with Crippen molar-refractivity contribution in [1.82, 2.24) is 20.5 Å². The summed E-state index contributed by atoms with van der Waals surface area (Å²) in [6.07, 6.45) is 5.53. The number of aromatic nitrogens is 1. The summed E-state index contributed by atoms with van der Waals surface area (Å²) in [5.41, 5.74) is 2.28. The second-order valence-electron chi connectivity index (χ2n) is 7.70. The first-order chi connectivity index (χ1) is 13.2. The zero-order valence-electron chi connectivity index (χ0n) is 16.0. The molecule has 6 heteroatoms. The molecular formula is C21H29N5O. The average molecular weight is 367 g/mol. The number of carbonyl (C=O) groups excluding carboxylic acids is 1. The number of aliphatic imine (C=N–C) groups is 1. The number of rotatable bonds is 4. The first-order valence-electron chi connectivity index (χ1n) is 10.1. The van der Waals surface area contributed by atoms with Crippen molar-refractivity contribution in [2.75, 3.05) is 20.1 Å². The minimum Gasteiger partial charge on any atom is -0.357 e. The lowest BCUT2D eigenvalue weighted by molar-refractivity contribution is -0.134. The van der Waals surface area contributed by atoms with Crippen LogP contribution in [0.15, 0.2) is 35.3 Å². The molecule has 1 aromatic heterocycles. The molecule has 27 heavy (non-hydrogen) atoms. The van der Waals surface area contributed by atoms with E-state index in [-0.39, 0.29) is 12.0 Å².